The van der Waals surface area contributed by atoms with Crippen LogP contribution in [-0.2, 0) is 0 Å². The predicted molar refractivity (Wildman–Crippen MR) is 84.6 cm³/mol. The molecule has 110 valence electrons. The molecule has 1 aliphatic rings. The Bertz CT molecular complexity index is 447. The molecule has 20 heavy (non-hydrogen) atoms. The van der Waals surface area contributed by atoms with E-state index in [1.54, 1.807) is 6.20 Å². The van der Waals surface area contributed by atoms with E-state index in [0.29, 0.717) is 18.3 Å². The molecular formula is C14H22N4OS. The Kier molecular flexibility index (Phi) is 5.67. The number of aromatic nitrogens is 1. The third kappa shape index (κ3) is 4.38. The Hall–Kier alpha value is -1.27. The van der Waals surface area contributed by atoms with Crippen LogP contribution in [0.1, 0.15) is 16.9 Å². The van der Waals surface area contributed by atoms with Gasteiger partial charge in [0.1, 0.15) is 5.69 Å². The number of pyridine rings is 1. The lowest BCUT2D eigenvalue weighted by molar-refractivity contribution is 0.0947. The van der Waals surface area contributed by atoms with Crippen LogP contribution < -0.4 is 15.5 Å². The number of hydrogen-bond acceptors (Lipinski definition) is 5. The zero-order valence-corrected chi connectivity index (χ0v) is 12.9. The van der Waals surface area contributed by atoms with E-state index in [1.807, 2.05) is 42.9 Å². The number of rotatable bonds is 5. The highest BCUT2D eigenvalue weighted by atomic mass is 32.2. The summed E-state index contributed by atoms with van der Waals surface area (Å²) in [6.07, 6.45) is 2.63. The molecule has 0 bridgehead atoms. The van der Waals surface area contributed by atoms with Gasteiger partial charge in [0.15, 0.2) is 0 Å². The Balaban J connectivity index is 1.80. The average Bonchev–Trinajstić information content (AvgIpc) is 2.48. The highest BCUT2D eigenvalue weighted by molar-refractivity contribution is 7.99. The van der Waals surface area contributed by atoms with E-state index in [4.69, 9.17) is 0 Å². The van der Waals surface area contributed by atoms with Crippen LogP contribution in [0.3, 0.4) is 0 Å². The Morgan fingerprint density at radius 2 is 2.45 bits per heavy atom. The second-order valence-electron chi connectivity index (χ2n) is 5.06. The van der Waals surface area contributed by atoms with Crippen molar-refractivity contribution in [2.24, 2.45) is 0 Å². The highest BCUT2D eigenvalue weighted by Gasteiger charge is 2.13. The second kappa shape index (κ2) is 7.50. The summed E-state index contributed by atoms with van der Waals surface area (Å²) in [5.41, 5.74) is 1.46. The normalized spacial score (nSPS) is 18.6. The molecule has 1 aromatic rings. The molecule has 5 nitrogen and oxygen atoms in total. The highest BCUT2D eigenvalue weighted by Crippen LogP contribution is 2.11. The van der Waals surface area contributed by atoms with Gasteiger partial charge >= 0.3 is 0 Å². The molecule has 0 aromatic carbocycles. The van der Waals surface area contributed by atoms with Crippen molar-refractivity contribution in [2.75, 3.05) is 43.6 Å². The van der Waals surface area contributed by atoms with Crippen LogP contribution in [0.5, 0.6) is 0 Å². The lowest BCUT2D eigenvalue weighted by atomic mass is 10.2. The fraction of sp³-hybridized carbons (Fsp3) is 0.571. The molecule has 0 aliphatic carbocycles. The summed E-state index contributed by atoms with van der Waals surface area (Å²) in [7, 11) is 3.90. The predicted octanol–water partition coefficient (Wildman–Crippen LogP) is 0.972. The molecule has 0 spiro atoms. The summed E-state index contributed by atoms with van der Waals surface area (Å²) >= 11 is 1.97. The molecule has 2 N–H and O–H groups in total. The van der Waals surface area contributed by atoms with Gasteiger partial charge in [0.25, 0.3) is 5.91 Å². The zero-order chi connectivity index (χ0) is 14.4. The number of nitrogens with zero attached hydrogens (tertiary/aromatic N) is 2. The smallest absolute Gasteiger partial charge is 0.269 e. The van der Waals surface area contributed by atoms with Crippen LogP contribution >= 0.6 is 11.8 Å². The van der Waals surface area contributed by atoms with Crippen LogP contribution in [0.4, 0.5) is 5.69 Å². The molecule has 2 heterocycles. The first-order chi connectivity index (χ1) is 9.66. The second-order valence-corrected chi connectivity index (χ2v) is 6.21. The fourth-order valence-electron chi connectivity index (χ4n) is 2.08. The Labute approximate surface area is 124 Å². The van der Waals surface area contributed by atoms with Crippen molar-refractivity contribution in [3.05, 3.63) is 24.0 Å². The van der Waals surface area contributed by atoms with E-state index in [2.05, 4.69) is 15.6 Å². The van der Waals surface area contributed by atoms with E-state index < -0.39 is 0 Å². The minimum atomic E-state index is -0.0998. The SMILES string of the molecule is CN(C)c1ccnc(C(=O)NCCC2CSCCN2)c1. The molecule has 2 rings (SSSR count). The largest absolute Gasteiger partial charge is 0.378 e. The van der Waals surface area contributed by atoms with Crippen molar-refractivity contribution in [3.8, 4) is 0 Å². The third-order valence-corrected chi connectivity index (χ3v) is 4.40. The number of hydrogen-bond donors (Lipinski definition) is 2. The maximum atomic E-state index is 12.0. The van der Waals surface area contributed by atoms with E-state index in [1.165, 1.54) is 5.75 Å². The van der Waals surface area contributed by atoms with Crippen molar-refractivity contribution in [3.63, 3.8) is 0 Å². The van der Waals surface area contributed by atoms with Gasteiger partial charge in [-0.25, -0.2) is 0 Å². The van der Waals surface area contributed by atoms with Crippen LogP contribution in [0.25, 0.3) is 0 Å². The molecule has 1 amide bonds. The average molecular weight is 294 g/mol. The Morgan fingerprint density at radius 1 is 1.60 bits per heavy atom. The van der Waals surface area contributed by atoms with E-state index >= 15 is 0 Å². The molecule has 1 aromatic heterocycles. The van der Waals surface area contributed by atoms with Crippen molar-refractivity contribution >= 4 is 23.4 Å². The quantitative estimate of drug-likeness (QED) is 0.847. The summed E-state index contributed by atoms with van der Waals surface area (Å²) < 4.78 is 0. The Morgan fingerprint density at radius 3 is 3.15 bits per heavy atom. The molecule has 1 fully saturated rings. The lowest BCUT2D eigenvalue weighted by Crippen LogP contribution is -2.40. The number of carbonyl (C=O) groups excluding carboxylic acids is 1. The van der Waals surface area contributed by atoms with Crippen LogP contribution in [0.2, 0.25) is 0 Å². The van der Waals surface area contributed by atoms with Crippen molar-refractivity contribution in [2.45, 2.75) is 12.5 Å². The monoisotopic (exact) mass is 294 g/mol. The van der Waals surface area contributed by atoms with Crippen molar-refractivity contribution < 1.29 is 4.79 Å². The molecule has 1 atom stereocenters. The molecule has 6 heteroatoms. The zero-order valence-electron chi connectivity index (χ0n) is 12.1. The molecule has 1 unspecified atom stereocenters. The summed E-state index contributed by atoms with van der Waals surface area (Å²) in [6, 6.07) is 4.21. The van der Waals surface area contributed by atoms with Gasteiger partial charge in [-0.2, -0.15) is 11.8 Å². The lowest BCUT2D eigenvalue weighted by Gasteiger charge is -2.23. The van der Waals surface area contributed by atoms with Gasteiger partial charge in [0, 0.05) is 56.6 Å². The van der Waals surface area contributed by atoms with Crippen LogP contribution in [-0.4, -0.2) is 55.6 Å². The first kappa shape index (κ1) is 15.1. The number of carbonyl (C=O) groups is 1. The van der Waals surface area contributed by atoms with Gasteiger partial charge in [-0.05, 0) is 18.6 Å². The topological polar surface area (TPSA) is 57.3 Å². The molecule has 0 saturated carbocycles. The summed E-state index contributed by atoms with van der Waals surface area (Å²) in [4.78, 5) is 18.1. The number of amides is 1. The fourth-order valence-corrected chi connectivity index (χ4v) is 3.08. The van der Waals surface area contributed by atoms with Gasteiger partial charge in [-0.3, -0.25) is 9.78 Å². The minimum Gasteiger partial charge on any atom is -0.378 e. The molecular weight excluding hydrogens is 272 g/mol. The minimum absolute atomic E-state index is 0.0998. The van der Waals surface area contributed by atoms with Gasteiger partial charge < -0.3 is 15.5 Å². The van der Waals surface area contributed by atoms with Crippen molar-refractivity contribution in [1.82, 2.24) is 15.6 Å². The van der Waals surface area contributed by atoms with Gasteiger partial charge in [0.05, 0.1) is 0 Å². The van der Waals surface area contributed by atoms with E-state index in [0.717, 1.165) is 24.4 Å². The standard InChI is InChI=1S/C14H22N4OS/c1-18(2)12-4-6-16-13(9-12)14(19)17-5-3-11-10-20-8-7-15-11/h4,6,9,11,15H,3,5,7-8,10H2,1-2H3,(H,17,19). The molecule has 1 saturated heterocycles. The molecule has 1 aliphatic heterocycles. The van der Waals surface area contributed by atoms with Gasteiger partial charge in [0.2, 0.25) is 0 Å². The number of thioether (sulfide) groups is 1. The van der Waals surface area contributed by atoms with Gasteiger partial charge in [-0.15, -0.1) is 0 Å². The van der Waals surface area contributed by atoms with Crippen molar-refractivity contribution in [1.29, 1.82) is 0 Å². The van der Waals surface area contributed by atoms with Gasteiger partial charge in [-0.1, -0.05) is 0 Å². The van der Waals surface area contributed by atoms with Crippen LogP contribution in [0.15, 0.2) is 18.3 Å². The summed E-state index contributed by atoms with van der Waals surface area (Å²) in [5.74, 6) is 2.21. The summed E-state index contributed by atoms with van der Waals surface area (Å²) in [6.45, 7) is 1.75. The van der Waals surface area contributed by atoms with E-state index in [9.17, 15) is 4.79 Å². The number of anilines is 1. The van der Waals surface area contributed by atoms with Crippen LogP contribution in [0, 0.1) is 0 Å². The number of nitrogens with one attached hydrogen (secondary N) is 2. The summed E-state index contributed by atoms with van der Waals surface area (Å²) in [5, 5.41) is 6.41. The molecule has 0 radical (unpaired) electrons. The maximum absolute atomic E-state index is 12.0. The first-order valence-electron chi connectivity index (χ1n) is 6.89. The van der Waals surface area contributed by atoms with E-state index in [-0.39, 0.29) is 5.91 Å². The maximum Gasteiger partial charge on any atom is 0.269 e. The first-order valence-corrected chi connectivity index (χ1v) is 8.05. The third-order valence-electron chi connectivity index (χ3n) is 3.27.